The van der Waals surface area contributed by atoms with Crippen LogP contribution in [0.2, 0.25) is 0 Å². The van der Waals surface area contributed by atoms with Gasteiger partial charge in [0.05, 0.1) is 24.9 Å². The third kappa shape index (κ3) is 6.22. The molecule has 7 heteroatoms. The van der Waals surface area contributed by atoms with Gasteiger partial charge < -0.3 is 25.4 Å². The van der Waals surface area contributed by atoms with Crippen molar-refractivity contribution in [3.05, 3.63) is 23.8 Å². The van der Waals surface area contributed by atoms with E-state index < -0.39 is 5.97 Å². The molecule has 0 bridgehead atoms. The number of methoxy groups -OCH3 is 1. The predicted molar refractivity (Wildman–Crippen MR) is 104 cm³/mol. The minimum absolute atomic E-state index is 0.0587. The summed E-state index contributed by atoms with van der Waals surface area (Å²) in [6.45, 7) is 1.46. The second-order valence-corrected chi connectivity index (χ2v) is 6.86. The third-order valence-corrected chi connectivity index (χ3v) is 4.43. The Bertz CT molecular complexity index is 625. The predicted octanol–water partition coefficient (Wildman–Crippen LogP) is 2.43. The molecule has 1 aromatic carbocycles. The summed E-state index contributed by atoms with van der Waals surface area (Å²) in [4.78, 5) is 18.4. The SMILES string of the molecule is COC(=O)c1ccc(O)c(NC(=NCCN(C)C)NC2CCCCC2)c1. The van der Waals surface area contributed by atoms with Crippen LogP contribution in [0, 0.1) is 0 Å². The van der Waals surface area contributed by atoms with E-state index >= 15 is 0 Å². The van der Waals surface area contributed by atoms with Crippen molar-refractivity contribution in [3.8, 4) is 5.75 Å². The maximum absolute atomic E-state index is 11.7. The molecule has 0 radical (unpaired) electrons. The molecule has 0 aromatic heterocycles. The molecule has 0 heterocycles. The van der Waals surface area contributed by atoms with E-state index in [1.54, 1.807) is 6.07 Å². The number of carbonyl (C=O) groups excluding carboxylic acids is 1. The largest absolute Gasteiger partial charge is 0.506 e. The number of guanidine groups is 1. The first kappa shape index (κ1) is 20.0. The molecule has 0 atom stereocenters. The first-order valence-corrected chi connectivity index (χ1v) is 9.13. The van der Waals surface area contributed by atoms with E-state index in [2.05, 4.69) is 20.5 Å². The van der Waals surface area contributed by atoms with Crippen molar-refractivity contribution in [1.29, 1.82) is 0 Å². The van der Waals surface area contributed by atoms with E-state index in [0.29, 0.717) is 29.8 Å². The quantitative estimate of drug-likeness (QED) is 0.312. The number of rotatable bonds is 6. The first-order chi connectivity index (χ1) is 12.5. The van der Waals surface area contributed by atoms with Crippen LogP contribution < -0.4 is 10.6 Å². The Morgan fingerprint density at radius 2 is 2.04 bits per heavy atom. The van der Waals surface area contributed by atoms with Gasteiger partial charge in [-0.25, -0.2) is 4.79 Å². The van der Waals surface area contributed by atoms with Crippen molar-refractivity contribution >= 4 is 17.6 Å². The molecule has 0 spiro atoms. The monoisotopic (exact) mass is 362 g/mol. The molecule has 7 nitrogen and oxygen atoms in total. The molecule has 26 heavy (non-hydrogen) atoms. The second kappa shape index (κ2) is 10.0. The highest BCUT2D eigenvalue weighted by Gasteiger charge is 2.16. The summed E-state index contributed by atoms with van der Waals surface area (Å²) in [5, 5.41) is 16.8. The normalized spacial score (nSPS) is 15.8. The smallest absolute Gasteiger partial charge is 0.337 e. The maximum atomic E-state index is 11.7. The van der Waals surface area contributed by atoms with Gasteiger partial charge in [0, 0.05) is 12.6 Å². The fourth-order valence-corrected chi connectivity index (χ4v) is 2.93. The lowest BCUT2D eigenvalue weighted by Gasteiger charge is -2.25. The minimum atomic E-state index is -0.445. The molecular weight excluding hydrogens is 332 g/mol. The average molecular weight is 362 g/mol. The highest BCUT2D eigenvalue weighted by Crippen LogP contribution is 2.25. The van der Waals surface area contributed by atoms with E-state index in [0.717, 1.165) is 19.4 Å². The molecule has 0 unspecified atom stereocenters. The number of aromatic hydroxyl groups is 1. The summed E-state index contributed by atoms with van der Waals surface area (Å²) in [5.74, 6) is 0.235. The summed E-state index contributed by atoms with van der Waals surface area (Å²) in [6.07, 6.45) is 5.93. The molecule has 1 saturated carbocycles. The van der Waals surface area contributed by atoms with Crippen molar-refractivity contribution in [2.75, 3.05) is 39.6 Å². The van der Waals surface area contributed by atoms with Gasteiger partial charge in [0.25, 0.3) is 0 Å². The molecule has 0 saturated heterocycles. The van der Waals surface area contributed by atoms with E-state index in [9.17, 15) is 9.90 Å². The van der Waals surface area contributed by atoms with Gasteiger partial charge in [-0.2, -0.15) is 0 Å². The Hall–Kier alpha value is -2.28. The number of phenolic OH excluding ortho intramolecular Hbond substituents is 1. The molecule has 0 amide bonds. The molecule has 1 aliphatic carbocycles. The average Bonchev–Trinajstić information content (AvgIpc) is 2.63. The standard InChI is InChI=1S/C19H30N4O3/c1-23(2)12-11-20-19(21-15-7-5-4-6-8-15)22-16-13-14(18(25)26-3)9-10-17(16)24/h9-10,13,15,24H,4-8,11-12H2,1-3H3,(H2,20,21,22). The molecule has 2 rings (SSSR count). The number of likely N-dealkylation sites (N-methyl/N-ethyl adjacent to an activating group) is 1. The summed E-state index contributed by atoms with van der Waals surface area (Å²) < 4.78 is 4.75. The zero-order chi connectivity index (χ0) is 18.9. The Morgan fingerprint density at radius 1 is 1.31 bits per heavy atom. The first-order valence-electron chi connectivity index (χ1n) is 9.13. The topological polar surface area (TPSA) is 86.2 Å². The molecule has 144 valence electrons. The van der Waals surface area contributed by atoms with Gasteiger partial charge in [-0.15, -0.1) is 0 Å². The molecule has 1 fully saturated rings. The van der Waals surface area contributed by atoms with Crippen LogP contribution in [-0.4, -0.2) is 62.3 Å². The van der Waals surface area contributed by atoms with Gasteiger partial charge in [0.15, 0.2) is 5.96 Å². The van der Waals surface area contributed by atoms with E-state index in [4.69, 9.17) is 4.74 Å². The lowest BCUT2D eigenvalue weighted by Crippen LogP contribution is -2.40. The lowest BCUT2D eigenvalue weighted by molar-refractivity contribution is 0.0601. The number of nitrogens with zero attached hydrogens (tertiary/aromatic N) is 2. The maximum Gasteiger partial charge on any atom is 0.337 e. The fraction of sp³-hybridized carbons (Fsp3) is 0.579. The van der Waals surface area contributed by atoms with Crippen LogP contribution in [-0.2, 0) is 4.74 Å². The van der Waals surface area contributed by atoms with Crippen molar-refractivity contribution in [3.63, 3.8) is 0 Å². The number of esters is 1. The number of nitrogens with one attached hydrogen (secondary N) is 2. The number of benzene rings is 1. The summed E-state index contributed by atoms with van der Waals surface area (Å²) >= 11 is 0. The van der Waals surface area contributed by atoms with Crippen LogP contribution >= 0.6 is 0 Å². The molecular formula is C19H30N4O3. The Kier molecular flexibility index (Phi) is 7.72. The molecule has 0 aliphatic heterocycles. The summed E-state index contributed by atoms with van der Waals surface area (Å²) in [7, 11) is 5.34. The summed E-state index contributed by atoms with van der Waals surface area (Å²) in [5.41, 5.74) is 0.804. The highest BCUT2D eigenvalue weighted by molar-refractivity contribution is 5.97. The number of carbonyl (C=O) groups is 1. The lowest BCUT2D eigenvalue weighted by atomic mass is 9.96. The Labute approximate surface area is 155 Å². The van der Waals surface area contributed by atoms with Crippen LogP contribution in [0.4, 0.5) is 5.69 Å². The van der Waals surface area contributed by atoms with Crippen LogP contribution in [0.3, 0.4) is 0 Å². The number of hydrogen-bond acceptors (Lipinski definition) is 5. The van der Waals surface area contributed by atoms with Crippen LogP contribution in [0.1, 0.15) is 42.5 Å². The number of aliphatic imine (C=N–C) groups is 1. The Morgan fingerprint density at radius 3 is 2.69 bits per heavy atom. The Balaban J connectivity index is 2.14. The van der Waals surface area contributed by atoms with Crippen LogP contribution in [0.25, 0.3) is 0 Å². The summed E-state index contributed by atoms with van der Waals surface area (Å²) in [6, 6.07) is 4.96. The number of anilines is 1. The van der Waals surface area contributed by atoms with Gasteiger partial charge in [0.2, 0.25) is 0 Å². The van der Waals surface area contributed by atoms with Gasteiger partial charge in [-0.1, -0.05) is 19.3 Å². The number of phenols is 1. The minimum Gasteiger partial charge on any atom is -0.506 e. The van der Waals surface area contributed by atoms with Gasteiger partial charge in [-0.05, 0) is 45.1 Å². The van der Waals surface area contributed by atoms with Crippen molar-refractivity contribution < 1.29 is 14.6 Å². The van der Waals surface area contributed by atoms with E-state index in [-0.39, 0.29) is 5.75 Å². The zero-order valence-electron chi connectivity index (χ0n) is 15.9. The van der Waals surface area contributed by atoms with Crippen molar-refractivity contribution in [2.24, 2.45) is 4.99 Å². The van der Waals surface area contributed by atoms with Crippen LogP contribution in [0.5, 0.6) is 5.75 Å². The van der Waals surface area contributed by atoms with E-state index in [1.807, 2.05) is 14.1 Å². The van der Waals surface area contributed by atoms with Crippen molar-refractivity contribution in [2.45, 2.75) is 38.1 Å². The molecule has 1 aromatic rings. The van der Waals surface area contributed by atoms with Gasteiger partial charge in [-0.3, -0.25) is 4.99 Å². The number of hydrogen-bond donors (Lipinski definition) is 3. The van der Waals surface area contributed by atoms with Crippen molar-refractivity contribution in [1.82, 2.24) is 10.2 Å². The second-order valence-electron chi connectivity index (χ2n) is 6.86. The fourth-order valence-electron chi connectivity index (χ4n) is 2.93. The molecule has 1 aliphatic rings. The van der Waals surface area contributed by atoms with Gasteiger partial charge in [0.1, 0.15) is 5.75 Å². The molecule has 3 N–H and O–H groups in total. The third-order valence-electron chi connectivity index (χ3n) is 4.43. The number of ether oxygens (including phenoxy) is 1. The van der Waals surface area contributed by atoms with E-state index in [1.165, 1.54) is 38.5 Å². The highest BCUT2D eigenvalue weighted by atomic mass is 16.5. The van der Waals surface area contributed by atoms with Gasteiger partial charge >= 0.3 is 5.97 Å². The van der Waals surface area contributed by atoms with Crippen LogP contribution in [0.15, 0.2) is 23.2 Å². The zero-order valence-corrected chi connectivity index (χ0v) is 15.9.